The van der Waals surface area contributed by atoms with Crippen LogP contribution in [0.5, 0.6) is 11.5 Å². The predicted octanol–water partition coefficient (Wildman–Crippen LogP) is 6.69. The molecular weight excluding hydrogens is 621 g/mol. The van der Waals surface area contributed by atoms with Gasteiger partial charge in [0.05, 0.1) is 23.7 Å². The number of aromatic nitrogens is 1. The molecule has 1 aliphatic carbocycles. The van der Waals surface area contributed by atoms with Crippen molar-refractivity contribution in [1.29, 1.82) is 5.26 Å². The van der Waals surface area contributed by atoms with Crippen LogP contribution >= 0.6 is 11.6 Å². The first kappa shape index (κ1) is 33.7. The molecule has 1 aliphatic rings. The molecule has 0 saturated heterocycles. The number of aliphatic hydroxyl groups excluding tert-OH is 1. The quantitative estimate of drug-likeness (QED) is 0.145. The maximum Gasteiger partial charge on any atom is 0.147 e. The number of rotatable bonds is 15. The van der Waals surface area contributed by atoms with E-state index in [4.69, 9.17) is 21.1 Å². The minimum Gasteiger partial charge on any atom is -0.488 e. The van der Waals surface area contributed by atoms with Crippen LogP contribution < -0.4 is 14.8 Å². The maximum absolute atomic E-state index is 14.7. The van der Waals surface area contributed by atoms with E-state index in [0.717, 1.165) is 16.7 Å². The molecule has 1 aromatic heterocycles. The monoisotopic (exact) mass is 655 g/mol. The van der Waals surface area contributed by atoms with Crippen LogP contribution in [-0.4, -0.2) is 34.8 Å². The van der Waals surface area contributed by atoms with Crippen LogP contribution in [0.2, 0.25) is 5.02 Å². The van der Waals surface area contributed by atoms with Gasteiger partial charge in [0.15, 0.2) is 0 Å². The number of ether oxygens (including phenoxy) is 2. The van der Waals surface area contributed by atoms with Crippen LogP contribution in [-0.2, 0) is 29.2 Å². The summed E-state index contributed by atoms with van der Waals surface area (Å²) >= 11 is 6.76. The van der Waals surface area contributed by atoms with Crippen molar-refractivity contribution >= 4 is 23.2 Å². The highest BCUT2D eigenvalue weighted by atomic mass is 35.5. The first-order chi connectivity index (χ1) is 22.8. The number of carbonyl (C=O) groups excluding carboxylic acids is 2. The van der Waals surface area contributed by atoms with Gasteiger partial charge in [0.1, 0.15) is 47.7 Å². The molecule has 0 radical (unpaired) electrons. The molecule has 0 aliphatic heterocycles. The number of aliphatic hydroxyl groups is 1. The van der Waals surface area contributed by atoms with Crippen LogP contribution in [0, 0.1) is 23.1 Å². The van der Waals surface area contributed by atoms with Gasteiger partial charge in [-0.3, -0.25) is 14.6 Å². The first-order valence-corrected chi connectivity index (χ1v) is 15.9. The number of benzene rings is 3. The van der Waals surface area contributed by atoms with Gasteiger partial charge in [0.2, 0.25) is 0 Å². The molecule has 1 heterocycles. The van der Waals surface area contributed by atoms with E-state index in [1.165, 1.54) is 12.3 Å². The highest BCUT2D eigenvalue weighted by molar-refractivity contribution is 6.32. The number of Topliss-reactive ketones (excluding diaryl/α,β-unsaturated/α-hetero) is 2. The number of halogens is 2. The SMILES string of the molecule is CCC(=O)[C@H](CO)CC(=O)CNCc1cc(Cl)c(O[C@H]2CCc3c(-c4ccccc4F)cccc32)cc1OCc1cncc(C#N)c1. The standard InChI is InChI=1S/C37H35ClFN3O5/c1-2-34(45)26(21-43)13-27(44)20-42-19-25-14-32(38)37(15-36(25)46-22-24-12-23(16-40)17-41-18-24)47-35-11-10-29-28(7-5-8-31(29)35)30-6-3-4-9-33(30)39/h3-9,12,14-15,17-18,26,35,42-43H,2,10-11,13,19-22H2,1H3/t26-,35-/m0/s1. The van der Waals surface area contributed by atoms with E-state index in [2.05, 4.69) is 16.4 Å². The van der Waals surface area contributed by atoms with Crippen LogP contribution in [0.1, 0.15) is 60.1 Å². The van der Waals surface area contributed by atoms with Gasteiger partial charge in [0, 0.05) is 60.5 Å². The van der Waals surface area contributed by atoms with E-state index in [1.54, 1.807) is 43.5 Å². The number of pyridine rings is 1. The number of fused-ring (bicyclic) bond motifs is 1. The Morgan fingerprint density at radius 1 is 1.13 bits per heavy atom. The van der Waals surface area contributed by atoms with Crippen LogP contribution in [0.15, 0.2) is 73.1 Å². The third-order valence-electron chi connectivity index (χ3n) is 8.22. The van der Waals surface area contributed by atoms with Crippen molar-refractivity contribution in [2.75, 3.05) is 13.2 Å². The van der Waals surface area contributed by atoms with Gasteiger partial charge in [-0.2, -0.15) is 5.26 Å². The molecule has 0 saturated carbocycles. The molecule has 5 rings (SSSR count). The second kappa shape index (κ2) is 15.8. The van der Waals surface area contributed by atoms with Gasteiger partial charge in [0.25, 0.3) is 0 Å². The fraction of sp³-hybridized carbons (Fsp3) is 0.297. The summed E-state index contributed by atoms with van der Waals surface area (Å²) in [6.07, 6.45) is 4.37. The summed E-state index contributed by atoms with van der Waals surface area (Å²) in [5, 5.41) is 22.2. The zero-order chi connectivity index (χ0) is 33.3. The molecule has 0 fully saturated rings. The molecule has 2 N–H and O–H groups in total. The molecule has 8 nitrogen and oxygen atoms in total. The number of carbonyl (C=O) groups is 2. The Kier molecular flexibility index (Phi) is 11.3. The molecule has 47 heavy (non-hydrogen) atoms. The van der Waals surface area contributed by atoms with Crippen molar-refractivity contribution in [2.24, 2.45) is 5.92 Å². The van der Waals surface area contributed by atoms with Crippen molar-refractivity contribution in [3.05, 3.63) is 112 Å². The maximum atomic E-state index is 14.7. The minimum atomic E-state index is -0.708. The zero-order valence-corrected chi connectivity index (χ0v) is 26.7. The Hall–Kier alpha value is -4.62. The third-order valence-corrected chi connectivity index (χ3v) is 8.51. The lowest BCUT2D eigenvalue weighted by molar-refractivity contribution is -0.128. The highest BCUT2D eigenvalue weighted by Gasteiger charge is 2.28. The Labute approximate surface area is 278 Å². The van der Waals surface area contributed by atoms with Crippen LogP contribution in [0.4, 0.5) is 4.39 Å². The minimum absolute atomic E-state index is 0.0138. The Balaban J connectivity index is 1.36. The van der Waals surface area contributed by atoms with Crippen molar-refractivity contribution in [1.82, 2.24) is 10.3 Å². The van der Waals surface area contributed by atoms with Gasteiger partial charge < -0.3 is 19.9 Å². The van der Waals surface area contributed by atoms with E-state index in [9.17, 15) is 24.3 Å². The number of hydrogen-bond acceptors (Lipinski definition) is 8. The topological polar surface area (TPSA) is 122 Å². The largest absolute Gasteiger partial charge is 0.488 e. The summed E-state index contributed by atoms with van der Waals surface area (Å²) in [6.45, 7) is 1.66. The Morgan fingerprint density at radius 3 is 2.70 bits per heavy atom. The molecule has 10 heteroatoms. The highest BCUT2D eigenvalue weighted by Crippen LogP contribution is 2.43. The zero-order valence-electron chi connectivity index (χ0n) is 26.0. The number of nitriles is 1. The molecule has 0 spiro atoms. The van der Waals surface area contributed by atoms with E-state index >= 15 is 0 Å². The number of nitrogens with one attached hydrogen (secondary N) is 1. The third kappa shape index (κ3) is 8.22. The molecule has 0 bridgehead atoms. The van der Waals surface area contributed by atoms with Gasteiger partial charge in [-0.05, 0) is 47.7 Å². The van der Waals surface area contributed by atoms with Crippen molar-refractivity contribution in [3.63, 3.8) is 0 Å². The fourth-order valence-corrected chi connectivity index (χ4v) is 6.03. The lowest BCUT2D eigenvalue weighted by Gasteiger charge is -2.20. The number of nitrogens with zero attached hydrogens (tertiary/aromatic N) is 2. The number of hydrogen-bond donors (Lipinski definition) is 2. The van der Waals surface area contributed by atoms with Crippen LogP contribution in [0.3, 0.4) is 0 Å². The molecular formula is C37H35ClFN3O5. The number of ketones is 2. The van der Waals surface area contributed by atoms with E-state index in [0.29, 0.717) is 51.6 Å². The van der Waals surface area contributed by atoms with Crippen LogP contribution in [0.25, 0.3) is 11.1 Å². The predicted molar refractivity (Wildman–Crippen MR) is 175 cm³/mol. The van der Waals surface area contributed by atoms with Crippen molar-refractivity contribution < 1.29 is 28.6 Å². The Bertz CT molecular complexity index is 1810. The van der Waals surface area contributed by atoms with E-state index in [1.807, 2.05) is 24.3 Å². The summed E-state index contributed by atoms with van der Waals surface area (Å²) in [7, 11) is 0. The first-order valence-electron chi connectivity index (χ1n) is 15.5. The molecule has 2 atom stereocenters. The van der Waals surface area contributed by atoms with Crippen molar-refractivity contribution in [2.45, 2.75) is 51.9 Å². The summed E-state index contributed by atoms with van der Waals surface area (Å²) in [5.41, 5.74) is 5.16. The van der Waals surface area contributed by atoms with Gasteiger partial charge >= 0.3 is 0 Å². The molecule has 0 unspecified atom stereocenters. The van der Waals surface area contributed by atoms with Gasteiger partial charge in [-0.15, -0.1) is 0 Å². The summed E-state index contributed by atoms with van der Waals surface area (Å²) in [5.74, 6) is -0.474. The fourth-order valence-electron chi connectivity index (χ4n) is 5.80. The second-order valence-corrected chi connectivity index (χ2v) is 11.8. The molecule has 3 aromatic carbocycles. The smallest absolute Gasteiger partial charge is 0.147 e. The normalized spacial score (nSPS) is 14.2. The van der Waals surface area contributed by atoms with E-state index < -0.39 is 5.92 Å². The van der Waals surface area contributed by atoms with Gasteiger partial charge in [-0.1, -0.05) is 54.9 Å². The van der Waals surface area contributed by atoms with Crippen molar-refractivity contribution in [3.8, 4) is 28.7 Å². The molecule has 0 amide bonds. The summed E-state index contributed by atoms with van der Waals surface area (Å²) < 4.78 is 27.4. The average Bonchev–Trinajstić information content (AvgIpc) is 3.50. The molecule has 242 valence electrons. The molecule has 4 aromatic rings. The average molecular weight is 656 g/mol. The second-order valence-electron chi connectivity index (χ2n) is 11.4. The Morgan fingerprint density at radius 2 is 1.94 bits per heavy atom. The van der Waals surface area contributed by atoms with E-state index in [-0.39, 0.29) is 62.6 Å². The lowest BCUT2D eigenvalue weighted by Crippen LogP contribution is -2.28. The summed E-state index contributed by atoms with van der Waals surface area (Å²) in [6, 6.07) is 19.7. The van der Waals surface area contributed by atoms with Gasteiger partial charge in [-0.25, -0.2) is 4.39 Å². The summed E-state index contributed by atoms with van der Waals surface area (Å²) in [4.78, 5) is 28.7. The lowest BCUT2D eigenvalue weighted by atomic mass is 9.96.